The summed E-state index contributed by atoms with van der Waals surface area (Å²) in [6, 6.07) is 8.26. The van der Waals surface area contributed by atoms with E-state index >= 15 is 0 Å². The largest absolute Gasteiger partial charge is 0.346 e. The van der Waals surface area contributed by atoms with E-state index in [4.69, 9.17) is 4.98 Å². The van der Waals surface area contributed by atoms with E-state index in [1.54, 1.807) is 0 Å². The van der Waals surface area contributed by atoms with Crippen molar-refractivity contribution in [1.82, 2.24) is 14.9 Å². The van der Waals surface area contributed by atoms with Gasteiger partial charge in [-0.15, -0.1) is 0 Å². The van der Waals surface area contributed by atoms with Gasteiger partial charge in [-0.1, -0.05) is 57.6 Å². The van der Waals surface area contributed by atoms with Crippen LogP contribution in [0, 0.1) is 5.92 Å². The molecule has 1 heterocycles. The molecular weight excluding hydrogens is 322 g/mol. The molecule has 2 aromatic rings. The van der Waals surface area contributed by atoms with Crippen molar-refractivity contribution in [3.63, 3.8) is 0 Å². The van der Waals surface area contributed by atoms with Crippen molar-refractivity contribution in [2.75, 3.05) is 0 Å². The highest BCUT2D eigenvalue weighted by Crippen LogP contribution is 2.26. The van der Waals surface area contributed by atoms with Crippen molar-refractivity contribution < 1.29 is 4.79 Å². The van der Waals surface area contributed by atoms with Gasteiger partial charge in [0.2, 0.25) is 5.91 Å². The molecule has 0 saturated heterocycles. The summed E-state index contributed by atoms with van der Waals surface area (Å²) in [5, 5.41) is 3.25. The molecule has 142 valence electrons. The molecule has 1 amide bonds. The second-order valence-electron chi connectivity index (χ2n) is 7.74. The average Bonchev–Trinajstić information content (AvgIpc) is 3.05. The maximum Gasteiger partial charge on any atom is 0.223 e. The van der Waals surface area contributed by atoms with Crippen LogP contribution in [0.15, 0.2) is 24.3 Å². The van der Waals surface area contributed by atoms with Crippen LogP contribution in [-0.4, -0.2) is 15.5 Å². The SMILES string of the molecule is CCCCCCn1c(C(C)NC(=O)C2CCCCC2)nc2ccccc21. The molecule has 0 radical (unpaired) electrons. The minimum atomic E-state index is -0.0528. The molecule has 1 unspecified atom stereocenters. The molecule has 1 atom stereocenters. The first-order valence-electron chi connectivity index (χ1n) is 10.5. The van der Waals surface area contributed by atoms with Crippen LogP contribution in [0.3, 0.4) is 0 Å². The van der Waals surface area contributed by atoms with Gasteiger partial charge in [0.1, 0.15) is 5.82 Å². The Balaban J connectivity index is 1.75. The zero-order valence-corrected chi connectivity index (χ0v) is 16.3. The Morgan fingerprint density at radius 1 is 1.19 bits per heavy atom. The van der Waals surface area contributed by atoms with E-state index in [1.165, 1.54) is 44.0 Å². The maximum absolute atomic E-state index is 12.7. The third-order valence-electron chi connectivity index (χ3n) is 5.64. The quantitative estimate of drug-likeness (QED) is 0.647. The number of aryl methyl sites for hydroxylation is 1. The van der Waals surface area contributed by atoms with Crippen LogP contribution in [0.25, 0.3) is 11.0 Å². The normalized spacial score (nSPS) is 16.7. The van der Waals surface area contributed by atoms with Gasteiger partial charge in [-0.05, 0) is 38.3 Å². The van der Waals surface area contributed by atoms with Gasteiger partial charge in [-0.2, -0.15) is 0 Å². The fraction of sp³-hybridized carbons (Fsp3) is 0.636. The molecule has 0 bridgehead atoms. The van der Waals surface area contributed by atoms with Crippen LogP contribution in [0.5, 0.6) is 0 Å². The Hall–Kier alpha value is -1.84. The zero-order valence-electron chi connectivity index (χ0n) is 16.3. The molecule has 1 fully saturated rings. The van der Waals surface area contributed by atoms with E-state index in [0.717, 1.165) is 37.1 Å². The van der Waals surface area contributed by atoms with Crippen molar-refractivity contribution in [2.24, 2.45) is 5.92 Å². The fourth-order valence-corrected chi connectivity index (χ4v) is 4.12. The molecule has 0 aliphatic heterocycles. The number of benzene rings is 1. The van der Waals surface area contributed by atoms with E-state index in [-0.39, 0.29) is 17.9 Å². The smallest absolute Gasteiger partial charge is 0.223 e. The van der Waals surface area contributed by atoms with Gasteiger partial charge in [-0.3, -0.25) is 4.79 Å². The number of rotatable bonds is 8. The first-order chi connectivity index (χ1) is 12.7. The Bertz CT molecular complexity index is 715. The monoisotopic (exact) mass is 355 g/mol. The molecule has 1 aromatic carbocycles. The van der Waals surface area contributed by atoms with Crippen LogP contribution >= 0.6 is 0 Å². The summed E-state index contributed by atoms with van der Waals surface area (Å²) in [5.74, 6) is 1.39. The van der Waals surface area contributed by atoms with Crippen molar-refractivity contribution in [3.8, 4) is 0 Å². The molecule has 1 saturated carbocycles. The van der Waals surface area contributed by atoms with Crippen LogP contribution in [0.2, 0.25) is 0 Å². The summed E-state index contributed by atoms with van der Waals surface area (Å²) in [6.07, 6.45) is 10.6. The van der Waals surface area contributed by atoms with Crippen LogP contribution < -0.4 is 5.32 Å². The standard InChI is InChI=1S/C22H33N3O/c1-3-4-5-11-16-25-20-15-10-9-14-19(20)24-21(25)17(2)23-22(26)18-12-7-6-8-13-18/h9-10,14-15,17-18H,3-8,11-13,16H2,1-2H3,(H,23,26). The van der Waals surface area contributed by atoms with E-state index in [0.29, 0.717) is 0 Å². The van der Waals surface area contributed by atoms with E-state index in [1.807, 2.05) is 6.07 Å². The van der Waals surface area contributed by atoms with E-state index < -0.39 is 0 Å². The first kappa shape index (κ1) is 18.9. The highest BCUT2D eigenvalue weighted by Gasteiger charge is 2.24. The van der Waals surface area contributed by atoms with Gasteiger partial charge in [0.15, 0.2) is 0 Å². The van der Waals surface area contributed by atoms with Crippen molar-refractivity contribution in [3.05, 3.63) is 30.1 Å². The van der Waals surface area contributed by atoms with Gasteiger partial charge in [0, 0.05) is 12.5 Å². The molecule has 1 aliphatic rings. The van der Waals surface area contributed by atoms with Gasteiger partial charge in [0.25, 0.3) is 0 Å². The van der Waals surface area contributed by atoms with E-state index in [9.17, 15) is 4.79 Å². The molecule has 1 N–H and O–H groups in total. The van der Waals surface area contributed by atoms with Crippen LogP contribution in [0.1, 0.15) is 83.5 Å². The second-order valence-corrected chi connectivity index (χ2v) is 7.74. The van der Waals surface area contributed by atoms with Gasteiger partial charge in [-0.25, -0.2) is 4.98 Å². The number of nitrogens with zero attached hydrogens (tertiary/aromatic N) is 2. The summed E-state index contributed by atoms with van der Waals surface area (Å²) in [5.41, 5.74) is 2.20. The lowest BCUT2D eigenvalue weighted by molar-refractivity contribution is -0.126. The molecule has 1 aromatic heterocycles. The minimum absolute atomic E-state index is 0.0528. The molecule has 3 rings (SSSR count). The van der Waals surface area contributed by atoms with Crippen LogP contribution in [-0.2, 0) is 11.3 Å². The first-order valence-corrected chi connectivity index (χ1v) is 10.5. The highest BCUT2D eigenvalue weighted by atomic mass is 16.1. The Labute approximate surface area is 157 Å². The summed E-state index contributed by atoms with van der Waals surface area (Å²) < 4.78 is 2.32. The molecule has 4 heteroatoms. The number of fused-ring (bicyclic) bond motifs is 1. The molecular formula is C22H33N3O. The second kappa shape index (κ2) is 9.20. The van der Waals surface area contributed by atoms with Gasteiger partial charge < -0.3 is 9.88 Å². The Kier molecular flexibility index (Phi) is 6.70. The number of nitrogens with one attached hydrogen (secondary N) is 1. The fourth-order valence-electron chi connectivity index (χ4n) is 4.12. The molecule has 26 heavy (non-hydrogen) atoms. The van der Waals surface area contributed by atoms with Gasteiger partial charge >= 0.3 is 0 Å². The molecule has 0 spiro atoms. The lowest BCUT2D eigenvalue weighted by Crippen LogP contribution is -2.35. The van der Waals surface area contributed by atoms with Crippen molar-refractivity contribution in [2.45, 2.75) is 84.2 Å². The summed E-state index contributed by atoms with van der Waals surface area (Å²) >= 11 is 0. The topological polar surface area (TPSA) is 46.9 Å². The number of hydrogen-bond acceptors (Lipinski definition) is 2. The number of carbonyl (C=O) groups excluding carboxylic acids is 1. The number of imidazole rings is 1. The molecule has 1 aliphatic carbocycles. The van der Waals surface area contributed by atoms with Crippen molar-refractivity contribution in [1.29, 1.82) is 0 Å². The summed E-state index contributed by atoms with van der Waals surface area (Å²) in [7, 11) is 0. The number of amides is 1. The predicted molar refractivity (Wildman–Crippen MR) is 107 cm³/mol. The highest BCUT2D eigenvalue weighted by molar-refractivity contribution is 5.80. The average molecular weight is 356 g/mol. The minimum Gasteiger partial charge on any atom is -0.346 e. The zero-order chi connectivity index (χ0) is 18.4. The number of hydrogen-bond donors (Lipinski definition) is 1. The summed E-state index contributed by atoms with van der Waals surface area (Å²) in [6.45, 7) is 5.28. The maximum atomic E-state index is 12.7. The predicted octanol–water partition coefficient (Wildman–Crippen LogP) is 5.37. The Morgan fingerprint density at radius 2 is 1.96 bits per heavy atom. The number of para-hydroxylation sites is 2. The third kappa shape index (κ3) is 4.46. The van der Waals surface area contributed by atoms with Crippen LogP contribution in [0.4, 0.5) is 0 Å². The number of unbranched alkanes of at least 4 members (excludes halogenated alkanes) is 3. The third-order valence-corrected chi connectivity index (χ3v) is 5.64. The lowest BCUT2D eigenvalue weighted by Gasteiger charge is -2.23. The van der Waals surface area contributed by atoms with E-state index in [2.05, 4.69) is 41.9 Å². The number of carbonyl (C=O) groups is 1. The Morgan fingerprint density at radius 3 is 2.73 bits per heavy atom. The summed E-state index contributed by atoms with van der Waals surface area (Å²) in [4.78, 5) is 17.5. The lowest BCUT2D eigenvalue weighted by atomic mass is 9.88. The van der Waals surface area contributed by atoms with Crippen molar-refractivity contribution >= 4 is 16.9 Å². The molecule has 4 nitrogen and oxygen atoms in total. The van der Waals surface area contributed by atoms with Gasteiger partial charge in [0.05, 0.1) is 17.1 Å². The number of aromatic nitrogens is 2.